The minimum Gasteiger partial charge on any atom is -0.385 e. The molecule has 0 aliphatic carbocycles. The maximum absolute atomic E-state index is 12.9. The van der Waals surface area contributed by atoms with E-state index in [-0.39, 0.29) is 23.6 Å². The quantitative estimate of drug-likeness (QED) is 0.802. The van der Waals surface area contributed by atoms with Gasteiger partial charge in [-0.3, -0.25) is 10.9 Å². The largest absolute Gasteiger partial charge is 0.417 e. The van der Waals surface area contributed by atoms with Crippen molar-refractivity contribution in [1.29, 1.82) is 5.26 Å². The summed E-state index contributed by atoms with van der Waals surface area (Å²) in [5, 5.41) is 11.8. The molecule has 1 heterocycles. The first kappa shape index (κ1) is 15.6. The molecule has 2 unspecified atom stereocenters. The summed E-state index contributed by atoms with van der Waals surface area (Å²) in [6.45, 7) is 4.58. The summed E-state index contributed by atoms with van der Waals surface area (Å²) in [5.74, 6) is 0.259. The number of hydrogen-bond acceptors (Lipinski definition) is 4. The Morgan fingerprint density at radius 1 is 1.24 bits per heavy atom. The molecule has 1 aliphatic rings. The number of nitrogens with zero attached hydrogens (tertiary/aromatic N) is 1. The molecule has 2 rings (SSSR count). The van der Waals surface area contributed by atoms with E-state index in [4.69, 9.17) is 5.26 Å². The first-order valence-corrected chi connectivity index (χ1v) is 6.69. The second kappa shape index (κ2) is 5.92. The molecular formula is C14H17F3N4. The highest BCUT2D eigenvalue weighted by molar-refractivity contribution is 5.53. The highest BCUT2D eigenvalue weighted by Gasteiger charge is 2.34. The van der Waals surface area contributed by atoms with Gasteiger partial charge in [-0.1, -0.05) is 0 Å². The molecule has 21 heavy (non-hydrogen) atoms. The molecule has 1 aromatic rings. The Morgan fingerprint density at radius 2 is 1.86 bits per heavy atom. The van der Waals surface area contributed by atoms with Crippen LogP contribution < -0.4 is 16.2 Å². The van der Waals surface area contributed by atoms with Gasteiger partial charge in [0.25, 0.3) is 0 Å². The predicted molar refractivity (Wildman–Crippen MR) is 73.3 cm³/mol. The number of nitriles is 1. The second-order valence-corrected chi connectivity index (χ2v) is 5.28. The Hall–Kier alpha value is -1.78. The molecule has 4 nitrogen and oxygen atoms in total. The van der Waals surface area contributed by atoms with E-state index in [9.17, 15) is 13.2 Å². The van der Waals surface area contributed by atoms with Gasteiger partial charge in [0, 0.05) is 30.2 Å². The van der Waals surface area contributed by atoms with Crippen LogP contribution in [0.1, 0.15) is 25.0 Å². The predicted octanol–water partition coefficient (Wildman–Crippen LogP) is 2.49. The molecular weight excluding hydrogens is 281 g/mol. The molecule has 1 saturated heterocycles. The number of nitrogens with one attached hydrogen (secondary N) is 3. The number of alkyl halides is 3. The summed E-state index contributed by atoms with van der Waals surface area (Å²) in [6.07, 6.45) is -4.53. The molecule has 1 aromatic carbocycles. The molecule has 0 amide bonds. The van der Waals surface area contributed by atoms with E-state index in [0.29, 0.717) is 12.2 Å². The first-order chi connectivity index (χ1) is 9.82. The van der Waals surface area contributed by atoms with E-state index in [2.05, 4.69) is 16.2 Å². The van der Waals surface area contributed by atoms with Gasteiger partial charge in [-0.05, 0) is 32.0 Å². The van der Waals surface area contributed by atoms with Crippen molar-refractivity contribution >= 4 is 5.69 Å². The van der Waals surface area contributed by atoms with Crippen molar-refractivity contribution < 1.29 is 13.2 Å². The van der Waals surface area contributed by atoms with Crippen LogP contribution in [0.4, 0.5) is 18.9 Å². The summed E-state index contributed by atoms with van der Waals surface area (Å²) >= 11 is 0. The van der Waals surface area contributed by atoms with Gasteiger partial charge in [-0.2, -0.15) is 18.4 Å². The topological polar surface area (TPSA) is 59.9 Å². The van der Waals surface area contributed by atoms with Crippen molar-refractivity contribution in [2.45, 2.75) is 32.1 Å². The zero-order chi connectivity index (χ0) is 15.6. The molecule has 7 heteroatoms. The Morgan fingerprint density at radius 3 is 2.38 bits per heavy atom. The molecule has 0 bridgehead atoms. The molecule has 2 atom stereocenters. The van der Waals surface area contributed by atoms with Gasteiger partial charge in [-0.15, -0.1) is 0 Å². The number of anilines is 1. The minimum absolute atomic E-state index is 0.230. The van der Waals surface area contributed by atoms with E-state index >= 15 is 0 Å². The summed E-state index contributed by atoms with van der Waals surface area (Å²) < 4.78 is 38.6. The lowest BCUT2D eigenvalue weighted by molar-refractivity contribution is -0.137. The minimum atomic E-state index is -4.53. The van der Waals surface area contributed by atoms with Crippen molar-refractivity contribution in [2.75, 3.05) is 11.9 Å². The lowest BCUT2D eigenvalue weighted by Gasteiger charge is -2.19. The zero-order valence-corrected chi connectivity index (χ0v) is 11.8. The average molecular weight is 298 g/mol. The van der Waals surface area contributed by atoms with Crippen molar-refractivity contribution in [3.63, 3.8) is 0 Å². The Balaban J connectivity index is 2.13. The fourth-order valence-corrected chi connectivity index (χ4v) is 2.49. The number of hydrogen-bond donors (Lipinski definition) is 3. The van der Waals surface area contributed by atoms with Gasteiger partial charge in [-0.25, -0.2) is 0 Å². The summed E-state index contributed by atoms with van der Waals surface area (Å²) in [7, 11) is 0. The maximum atomic E-state index is 12.9. The molecule has 114 valence electrons. The Labute approximate surface area is 121 Å². The van der Waals surface area contributed by atoms with E-state index in [1.165, 1.54) is 12.1 Å². The Bertz CT molecular complexity index is 540. The Kier molecular flexibility index (Phi) is 4.40. The highest BCUT2D eigenvalue weighted by Crippen LogP contribution is 2.33. The van der Waals surface area contributed by atoms with Gasteiger partial charge in [0.2, 0.25) is 0 Å². The van der Waals surface area contributed by atoms with Gasteiger partial charge < -0.3 is 5.32 Å². The monoisotopic (exact) mass is 298 g/mol. The smallest absolute Gasteiger partial charge is 0.385 e. The summed E-state index contributed by atoms with van der Waals surface area (Å²) in [5.41, 5.74) is 5.30. The van der Waals surface area contributed by atoms with Crippen molar-refractivity contribution in [1.82, 2.24) is 10.9 Å². The maximum Gasteiger partial charge on any atom is 0.417 e. The normalized spacial score (nSPS) is 25.6. The van der Waals surface area contributed by atoms with E-state index in [0.717, 1.165) is 6.07 Å². The van der Waals surface area contributed by atoms with Crippen molar-refractivity contribution in [3.05, 3.63) is 29.3 Å². The van der Waals surface area contributed by atoms with Crippen LogP contribution in [0.15, 0.2) is 18.2 Å². The third-order valence-corrected chi connectivity index (χ3v) is 3.81. The number of rotatable bonds is 3. The van der Waals surface area contributed by atoms with Crippen LogP contribution in [-0.4, -0.2) is 18.6 Å². The van der Waals surface area contributed by atoms with E-state index in [1.54, 1.807) is 6.07 Å². The molecule has 0 saturated carbocycles. The third kappa shape index (κ3) is 3.46. The van der Waals surface area contributed by atoms with Gasteiger partial charge >= 0.3 is 6.18 Å². The van der Waals surface area contributed by atoms with E-state index in [1.807, 2.05) is 13.8 Å². The second-order valence-electron chi connectivity index (χ2n) is 5.28. The summed E-state index contributed by atoms with van der Waals surface area (Å²) in [6, 6.07) is 5.72. The van der Waals surface area contributed by atoms with E-state index < -0.39 is 11.7 Å². The lowest BCUT2D eigenvalue weighted by atomic mass is 9.96. The van der Waals surface area contributed by atoms with Crippen LogP contribution in [0.3, 0.4) is 0 Å². The van der Waals surface area contributed by atoms with Crippen LogP contribution in [0.2, 0.25) is 0 Å². The van der Waals surface area contributed by atoms with Crippen molar-refractivity contribution in [2.24, 2.45) is 5.92 Å². The summed E-state index contributed by atoms with van der Waals surface area (Å²) in [4.78, 5) is 0. The number of benzene rings is 1. The number of hydrazine groups is 1. The van der Waals surface area contributed by atoms with Crippen LogP contribution in [0.5, 0.6) is 0 Å². The van der Waals surface area contributed by atoms with Crippen LogP contribution in [0.25, 0.3) is 0 Å². The molecule has 0 radical (unpaired) electrons. The highest BCUT2D eigenvalue weighted by atomic mass is 19.4. The lowest BCUT2D eigenvalue weighted by Crippen LogP contribution is -2.30. The van der Waals surface area contributed by atoms with Crippen LogP contribution >= 0.6 is 0 Å². The van der Waals surface area contributed by atoms with Crippen molar-refractivity contribution in [3.8, 4) is 6.07 Å². The molecule has 3 N–H and O–H groups in total. The molecule has 0 aromatic heterocycles. The van der Waals surface area contributed by atoms with Gasteiger partial charge in [0.15, 0.2) is 0 Å². The van der Waals surface area contributed by atoms with Gasteiger partial charge in [0.1, 0.15) is 0 Å². The molecule has 1 aliphatic heterocycles. The van der Waals surface area contributed by atoms with Gasteiger partial charge in [0.05, 0.1) is 17.2 Å². The fraction of sp³-hybridized carbons (Fsp3) is 0.500. The molecule has 1 fully saturated rings. The number of halogens is 3. The third-order valence-electron chi connectivity index (χ3n) is 3.81. The average Bonchev–Trinajstić information content (AvgIpc) is 2.74. The standard InChI is InChI=1S/C14H17F3N4/c1-8-12(9(2)21-20-8)7-19-11-4-3-10(6-18)13(5-11)14(15,16)17/h3-5,8-9,12,19-21H,7H2,1-2H3. The fourth-order valence-electron chi connectivity index (χ4n) is 2.49. The SMILES string of the molecule is CC1NNC(C)C1CNc1ccc(C#N)c(C(F)(F)F)c1. The van der Waals surface area contributed by atoms with Crippen LogP contribution in [-0.2, 0) is 6.18 Å². The first-order valence-electron chi connectivity index (χ1n) is 6.69. The van der Waals surface area contributed by atoms with Crippen LogP contribution in [0, 0.1) is 17.2 Å². The zero-order valence-electron chi connectivity index (χ0n) is 11.8. The molecule has 0 spiro atoms.